The Kier molecular flexibility index (Phi) is 6.39. The van der Waals surface area contributed by atoms with Crippen molar-refractivity contribution in [3.63, 3.8) is 0 Å². The summed E-state index contributed by atoms with van der Waals surface area (Å²) in [6.07, 6.45) is 2.92. The van der Waals surface area contributed by atoms with E-state index < -0.39 is 5.97 Å². The molecule has 0 saturated carbocycles. The second-order valence-corrected chi connectivity index (χ2v) is 8.28. The molecule has 11 heteroatoms. The Morgan fingerprint density at radius 2 is 1.94 bits per heavy atom. The van der Waals surface area contributed by atoms with Crippen LogP contribution in [-0.2, 0) is 14.2 Å². The summed E-state index contributed by atoms with van der Waals surface area (Å²) in [5.74, 6) is 0.738. The quantitative estimate of drug-likeness (QED) is 0.356. The molecule has 0 bridgehead atoms. The molecule has 2 saturated heterocycles. The Morgan fingerprint density at radius 1 is 1.12 bits per heavy atom. The third-order valence-corrected chi connectivity index (χ3v) is 5.88. The van der Waals surface area contributed by atoms with E-state index in [0.717, 1.165) is 0 Å². The number of thiocarbonyl (C=S) groups is 1. The van der Waals surface area contributed by atoms with Gasteiger partial charge < -0.3 is 34.6 Å². The molecule has 176 valence electrons. The fraction of sp³-hybridized carbons (Fsp3) is 0.304. The monoisotopic (exact) mass is 481 g/mol. The molecule has 2 fully saturated rings. The van der Waals surface area contributed by atoms with Gasteiger partial charge in [-0.1, -0.05) is 6.07 Å². The number of aromatic nitrogens is 2. The second-order valence-electron chi connectivity index (χ2n) is 7.87. The molecule has 2 aliphatic rings. The number of carbonyl (C=O) groups excluding carboxylic acids is 1. The number of ether oxygens (including phenoxy) is 3. The van der Waals surface area contributed by atoms with Crippen LogP contribution in [0.25, 0.3) is 11.5 Å². The highest BCUT2D eigenvalue weighted by Gasteiger charge is 2.48. The van der Waals surface area contributed by atoms with Crippen molar-refractivity contribution in [3.8, 4) is 11.5 Å². The SMILES string of the molecule is COC(=O)c1cccc(NC(=S)N[C@@H]2CO[C@@H]3[C@@H]2OC[C@@H]3Nc2nccc(-c3ccco3)n2)c1. The van der Waals surface area contributed by atoms with E-state index in [1.807, 2.05) is 18.2 Å². The van der Waals surface area contributed by atoms with Crippen molar-refractivity contribution in [2.24, 2.45) is 0 Å². The van der Waals surface area contributed by atoms with Crippen LogP contribution in [0.5, 0.6) is 0 Å². The molecule has 5 rings (SSSR count). The van der Waals surface area contributed by atoms with Crippen LogP contribution < -0.4 is 16.0 Å². The largest absolute Gasteiger partial charge is 0.465 e. The van der Waals surface area contributed by atoms with Gasteiger partial charge in [-0.05, 0) is 48.6 Å². The lowest BCUT2D eigenvalue weighted by atomic mass is 10.1. The number of furan rings is 1. The number of fused-ring (bicyclic) bond motifs is 1. The van der Waals surface area contributed by atoms with E-state index in [1.165, 1.54) is 7.11 Å². The lowest BCUT2D eigenvalue weighted by molar-refractivity contribution is 0.0601. The van der Waals surface area contributed by atoms with Gasteiger partial charge in [0.2, 0.25) is 5.95 Å². The van der Waals surface area contributed by atoms with Gasteiger partial charge in [-0.15, -0.1) is 0 Å². The van der Waals surface area contributed by atoms with E-state index >= 15 is 0 Å². The smallest absolute Gasteiger partial charge is 0.337 e. The number of rotatable bonds is 6. The Balaban J connectivity index is 1.18. The molecule has 34 heavy (non-hydrogen) atoms. The number of hydrogen-bond donors (Lipinski definition) is 3. The average Bonchev–Trinajstić information content (AvgIpc) is 3.60. The van der Waals surface area contributed by atoms with Gasteiger partial charge >= 0.3 is 5.97 Å². The minimum atomic E-state index is -0.411. The second kappa shape index (κ2) is 9.75. The van der Waals surface area contributed by atoms with Crippen LogP contribution in [0.3, 0.4) is 0 Å². The molecule has 2 aromatic heterocycles. The number of esters is 1. The molecule has 3 N–H and O–H groups in total. The van der Waals surface area contributed by atoms with E-state index in [2.05, 4.69) is 25.9 Å². The molecule has 4 atom stereocenters. The summed E-state index contributed by atoms with van der Waals surface area (Å²) in [7, 11) is 1.34. The molecule has 0 aliphatic carbocycles. The predicted molar refractivity (Wildman–Crippen MR) is 128 cm³/mol. The lowest BCUT2D eigenvalue weighted by Gasteiger charge is -2.20. The summed E-state index contributed by atoms with van der Waals surface area (Å²) in [6.45, 7) is 0.883. The van der Waals surface area contributed by atoms with E-state index in [9.17, 15) is 4.79 Å². The number of carbonyl (C=O) groups is 1. The third-order valence-electron chi connectivity index (χ3n) is 5.66. The molecule has 0 spiro atoms. The number of benzene rings is 1. The summed E-state index contributed by atoms with van der Waals surface area (Å²) in [6, 6.07) is 12.1. The molecule has 2 aliphatic heterocycles. The molecular formula is C23H23N5O5S. The maximum Gasteiger partial charge on any atom is 0.337 e. The number of hydrogen-bond acceptors (Lipinski definition) is 9. The molecule has 1 aromatic carbocycles. The standard InChI is InChI=1S/C23H23N5O5S/c1-30-21(29)13-4-2-5-14(10-13)25-23(34)28-17-12-33-19-16(11-32-20(17)19)27-22-24-8-7-15(26-22)18-6-3-9-31-18/h2-10,16-17,19-20H,11-12H2,1H3,(H,24,26,27)(H2,25,28,34)/t16-,17+,19-,20+/m0/s1. The third kappa shape index (κ3) is 4.72. The zero-order valence-corrected chi connectivity index (χ0v) is 19.1. The maximum atomic E-state index is 11.7. The van der Waals surface area contributed by atoms with Crippen LogP contribution >= 0.6 is 12.2 Å². The summed E-state index contributed by atoms with van der Waals surface area (Å²) < 4.78 is 22.2. The van der Waals surface area contributed by atoms with Gasteiger partial charge in [0.05, 0.1) is 44.2 Å². The first-order chi connectivity index (χ1) is 16.6. The van der Waals surface area contributed by atoms with Gasteiger partial charge in [0.15, 0.2) is 10.9 Å². The van der Waals surface area contributed by atoms with Crippen molar-refractivity contribution in [2.75, 3.05) is 31.0 Å². The Bertz CT molecular complexity index is 1170. The fourth-order valence-corrected chi connectivity index (χ4v) is 4.35. The number of nitrogens with zero attached hydrogens (tertiary/aromatic N) is 2. The normalized spacial score (nSPS) is 23.2. The molecule has 0 unspecified atom stereocenters. The van der Waals surface area contributed by atoms with Gasteiger partial charge in [0.1, 0.15) is 17.9 Å². The first-order valence-electron chi connectivity index (χ1n) is 10.7. The van der Waals surface area contributed by atoms with Crippen LogP contribution in [0.2, 0.25) is 0 Å². The zero-order chi connectivity index (χ0) is 23.5. The van der Waals surface area contributed by atoms with Crippen molar-refractivity contribution < 1.29 is 23.4 Å². The number of methoxy groups -OCH3 is 1. The van der Waals surface area contributed by atoms with Crippen molar-refractivity contribution >= 4 is 34.9 Å². The molecule has 0 radical (unpaired) electrons. The van der Waals surface area contributed by atoms with Crippen LogP contribution in [0.1, 0.15) is 10.4 Å². The Labute approximate surface area is 201 Å². The van der Waals surface area contributed by atoms with E-state index in [4.69, 9.17) is 30.8 Å². The van der Waals surface area contributed by atoms with Crippen LogP contribution in [0.4, 0.5) is 11.6 Å². The minimum absolute atomic E-state index is 0.109. The topological polar surface area (TPSA) is 120 Å². The number of nitrogens with one attached hydrogen (secondary N) is 3. The van der Waals surface area contributed by atoms with Crippen molar-refractivity contribution in [2.45, 2.75) is 24.3 Å². The highest BCUT2D eigenvalue weighted by molar-refractivity contribution is 7.80. The van der Waals surface area contributed by atoms with Gasteiger partial charge in [-0.3, -0.25) is 0 Å². The first-order valence-corrected chi connectivity index (χ1v) is 11.1. The van der Waals surface area contributed by atoms with Gasteiger partial charge in [0, 0.05) is 11.9 Å². The molecule has 4 heterocycles. The van der Waals surface area contributed by atoms with Crippen molar-refractivity contribution in [3.05, 3.63) is 60.5 Å². The highest BCUT2D eigenvalue weighted by Crippen LogP contribution is 2.29. The molecule has 10 nitrogen and oxygen atoms in total. The van der Waals surface area contributed by atoms with Crippen molar-refractivity contribution in [1.82, 2.24) is 15.3 Å². The summed E-state index contributed by atoms with van der Waals surface area (Å²) in [4.78, 5) is 20.6. The predicted octanol–water partition coefficient (Wildman–Crippen LogP) is 2.46. The zero-order valence-electron chi connectivity index (χ0n) is 18.3. The first kappa shape index (κ1) is 22.3. The van der Waals surface area contributed by atoms with Crippen LogP contribution in [-0.4, -0.2) is 65.7 Å². The highest BCUT2D eigenvalue weighted by atomic mass is 32.1. The van der Waals surface area contributed by atoms with Crippen LogP contribution in [0.15, 0.2) is 59.3 Å². The summed E-state index contributed by atoms with van der Waals surface area (Å²) in [5, 5.41) is 10.1. The Hall–Kier alpha value is -3.54. The van der Waals surface area contributed by atoms with E-state index in [1.54, 1.807) is 36.7 Å². The Morgan fingerprint density at radius 3 is 2.74 bits per heavy atom. The van der Waals surface area contributed by atoms with Gasteiger partial charge in [-0.2, -0.15) is 0 Å². The number of anilines is 2. The summed E-state index contributed by atoms with van der Waals surface area (Å²) >= 11 is 5.46. The molecule has 3 aromatic rings. The lowest BCUT2D eigenvalue weighted by Crippen LogP contribution is -2.46. The molecule has 0 amide bonds. The molecular weight excluding hydrogens is 458 g/mol. The van der Waals surface area contributed by atoms with Gasteiger partial charge in [0.25, 0.3) is 0 Å². The van der Waals surface area contributed by atoms with E-state index in [-0.39, 0.29) is 24.3 Å². The fourth-order valence-electron chi connectivity index (χ4n) is 4.08. The van der Waals surface area contributed by atoms with Crippen LogP contribution in [0, 0.1) is 0 Å². The maximum absolute atomic E-state index is 11.7. The van der Waals surface area contributed by atoms with Crippen molar-refractivity contribution in [1.29, 1.82) is 0 Å². The minimum Gasteiger partial charge on any atom is -0.465 e. The van der Waals surface area contributed by atoms with E-state index in [0.29, 0.717) is 47.0 Å². The van der Waals surface area contributed by atoms with Gasteiger partial charge in [-0.25, -0.2) is 14.8 Å². The average molecular weight is 482 g/mol. The summed E-state index contributed by atoms with van der Waals surface area (Å²) in [5.41, 5.74) is 1.81.